The van der Waals surface area contributed by atoms with E-state index in [-0.39, 0.29) is 22.9 Å². The van der Waals surface area contributed by atoms with Gasteiger partial charge in [0, 0.05) is 31.5 Å². The van der Waals surface area contributed by atoms with Crippen molar-refractivity contribution in [1.82, 2.24) is 14.6 Å². The van der Waals surface area contributed by atoms with Crippen molar-refractivity contribution in [2.24, 2.45) is 0 Å². The number of nitrogens with one attached hydrogen (secondary N) is 1. The highest BCUT2D eigenvalue weighted by Crippen LogP contribution is 2.17. The normalized spacial score (nSPS) is 11.5. The maximum atomic E-state index is 12.8. The molecule has 0 radical (unpaired) electrons. The molecule has 2 heterocycles. The number of pyridine rings is 1. The molecule has 0 bridgehead atoms. The minimum absolute atomic E-state index is 0.0791. The first-order valence-electron chi connectivity index (χ1n) is 8.73. The van der Waals surface area contributed by atoms with Gasteiger partial charge in [-0.05, 0) is 54.4 Å². The molecule has 3 aromatic rings. The number of benzene rings is 1. The van der Waals surface area contributed by atoms with Crippen LogP contribution >= 0.6 is 0 Å². The van der Waals surface area contributed by atoms with Gasteiger partial charge in [-0.1, -0.05) is 6.07 Å². The van der Waals surface area contributed by atoms with Gasteiger partial charge in [0.1, 0.15) is 5.76 Å². The van der Waals surface area contributed by atoms with Crippen molar-refractivity contribution in [3.8, 4) is 0 Å². The molecule has 0 saturated carbocycles. The first-order valence-corrected chi connectivity index (χ1v) is 10.2. The molecule has 1 aromatic carbocycles. The topological polar surface area (TPSA) is 92.5 Å². The summed E-state index contributed by atoms with van der Waals surface area (Å²) in [7, 11) is -2.18. The Kier molecular flexibility index (Phi) is 6.23. The molecule has 3 rings (SSSR count). The SMILES string of the molecule is CN(CCc1ccncc1)S(=O)(=O)c1cccc(C(=O)NCc2ccco2)c1. The third kappa shape index (κ3) is 4.85. The smallest absolute Gasteiger partial charge is 0.251 e. The number of nitrogens with zero attached hydrogens (tertiary/aromatic N) is 2. The van der Waals surface area contributed by atoms with Gasteiger partial charge in [0.05, 0.1) is 17.7 Å². The van der Waals surface area contributed by atoms with E-state index in [1.165, 1.54) is 29.7 Å². The molecule has 0 unspecified atom stereocenters. The fraction of sp³-hybridized carbons (Fsp3) is 0.200. The Bertz CT molecular complexity index is 1020. The Labute approximate surface area is 164 Å². The lowest BCUT2D eigenvalue weighted by molar-refractivity contribution is 0.0948. The number of hydrogen-bond acceptors (Lipinski definition) is 5. The number of carbonyl (C=O) groups is 1. The van der Waals surface area contributed by atoms with E-state index < -0.39 is 10.0 Å². The predicted molar refractivity (Wildman–Crippen MR) is 104 cm³/mol. The molecular formula is C20H21N3O4S. The zero-order chi connectivity index (χ0) is 20.0. The van der Waals surface area contributed by atoms with Crippen LogP contribution in [0.2, 0.25) is 0 Å². The first kappa shape index (κ1) is 19.8. The molecule has 28 heavy (non-hydrogen) atoms. The molecule has 8 heteroatoms. The van der Waals surface area contributed by atoms with Crippen molar-refractivity contribution in [2.75, 3.05) is 13.6 Å². The molecule has 0 spiro atoms. The summed E-state index contributed by atoms with van der Waals surface area (Å²) in [5, 5.41) is 2.71. The van der Waals surface area contributed by atoms with E-state index in [0.29, 0.717) is 18.7 Å². The summed E-state index contributed by atoms with van der Waals surface area (Å²) in [6.45, 7) is 0.551. The van der Waals surface area contributed by atoms with Crippen LogP contribution in [0.15, 0.2) is 76.5 Å². The highest BCUT2D eigenvalue weighted by Gasteiger charge is 2.21. The lowest BCUT2D eigenvalue weighted by Crippen LogP contribution is -2.29. The monoisotopic (exact) mass is 399 g/mol. The van der Waals surface area contributed by atoms with Crippen LogP contribution in [0, 0.1) is 0 Å². The van der Waals surface area contributed by atoms with Gasteiger partial charge < -0.3 is 9.73 Å². The van der Waals surface area contributed by atoms with Crippen LogP contribution < -0.4 is 5.32 Å². The van der Waals surface area contributed by atoms with Crippen molar-refractivity contribution >= 4 is 15.9 Å². The molecule has 0 aliphatic rings. The van der Waals surface area contributed by atoms with Crippen LogP contribution in [0.1, 0.15) is 21.7 Å². The molecule has 146 valence electrons. The number of aromatic nitrogens is 1. The van der Waals surface area contributed by atoms with Crippen molar-refractivity contribution in [1.29, 1.82) is 0 Å². The Morgan fingerprint density at radius 3 is 2.64 bits per heavy atom. The van der Waals surface area contributed by atoms with E-state index in [1.807, 2.05) is 12.1 Å². The Morgan fingerprint density at radius 1 is 1.14 bits per heavy atom. The van der Waals surface area contributed by atoms with E-state index in [0.717, 1.165) is 5.56 Å². The third-order valence-corrected chi connectivity index (χ3v) is 6.13. The summed E-state index contributed by atoms with van der Waals surface area (Å²) in [5.41, 5.74) is 1.28. The van der Waals surface area contributed by atoms with Gasteiger partial charge in [-0.15, -0.1) is 0 Å². The van der Waals surface area contributed by atoms with Crippen LogP contribution in [0.5, 0.6) is 0 Å². The largest absolute Gasteiger partial charge is 0.467 e. The van der Waals surface area contributed by atoms with E-state index in [1.54, 1.807) is 36.7 Å². The van der Waals surface area contributed by atoms with Crippen LogP contribution in [-0.4, -0.2) is 37.2 Å². The molecule has 7 nitrogen and oxygen atoms in total. The number of furan rings is 1. The second-order valence-electron chi connectivity index (χ2n) is 6.22. The lowest BCUT2D eigenvalue weighted by Gasteiger charge is -2.17. The number of likely N-dealkylation sites (N-methyl/N-ethyl adjacent to an activating group) is 1. The predicted octanol–water partition coefficient (Wildman–Crippen LogP) is 2.47. The number of rotatable bonds is 8. The van der Waals surface area contributed by atoms with Crippen LogP contribution in [0.3, 0.4) is 0 Å². The number of hydrogen-bond donors (Lipinski definition) is 1. The summed E-state index contributed by atoms with van der Waals surface area (Å²) in [6, 6.07) is 13.2. The van der Waals surface area contributed by atoms with Gasteiger partial charge in [-0.2, -0.15) is 0 Å². The summed E-state index contributed by atoms with van der Waals surface area (Å²) in [4.78, 5) is 16.4. The van der Waals surface area contributed by atoms with Crippen LogP contribution in [0.4, 0.5) is 0 Å². The van der Waals surface area contributed by atoms with Gasteiger partial charge in [0.25, 0.3) is 5.91 Å². The third-order valence-electron chi connectivity index (χ3n) is 4.27. The van der Waals surface area contributed by atoms with Gasteiger partial charge in [-0.25, -0.2) is 12.7 Å². The minimum atomic E-state index is -3.70. The molecular weight excluding hydrogens is 378 g/mol. The Hall–Kier alpha value is -2.97. The van der Waals surface area contributed by atoms with E-state index in [9.17, 15) is 13.2 Å². The number of carbonyl (C=O) groups excluding carboxylic acids is 1. The summed E-state index contributed by atoms with van der Waals surface area (Å²) >= 11 is 0. The zero-order valence-electron chi connectivity index (χ0n) is 15.4. The number of sulfonamides is 1. The highest BCUT2D eigenvalue weighted by atomic mass is 32.2. The molecule has 1 N–H and O–H groups in total. The molecule has 0 atom stereocenters. The fourth-order valence-corrected chi connectivity index (χ4v) is 3.83. The fourth-order valence-electron chi connectivity index (χ4n) is 2.62. The molecule has 0 saturated heterocycles. The van der Waals surface area contributed by atoms with Gasteiger partial charge >= 0.3 is 0 Å². The maximum Gasteiger partial charge on any atom is 0.251 e. The van der Waals surface area contributed by atoms with Gasteiger partial charge in [-0.3, -0.25) is 9.78 Å². The minimum Gasteiger partial charge on any atom is -0.467 e. The van der Waals surface area contributed by atoms with Crippen LogP contribution in [-0.2, 0) is 23.0 Å². The molecule has 0 aliphatic carbocycles. The highest BCUT2D eigenvalue weighted by molar-refractivity contribution is 7.89. The Balaban J connectivity index is 1.67. The summed E-state index contributed by atoms with van der Waals surface area (Å²) in [6.07, 6.45) is 5.45. The summed E-state index contributed by atoms with van der Waals surface area (Å²) in [5.74, 6) is 0.251. The zero-order valence-corrected chi connectivity index (χ0v) is 16.2. The van der Waals surface area contributed by atoms with E-state index in [4.69, 9.17) is 4.42 Å². The van der Waals surface area contributed by atoms with Crippen molar-refractivity contribution in [3.63, 3.8) is 0 Å². The average Bonchev–Trinajstić information content (AvgIpc) is 3.24. The summed E-state index contributed by atoms with van der Waals surface area (Å²) < 4.78 is 32.1. The average molecular weight is 399 g/mol. The number of amides is 1. The molecule has 0 aliphatic heterocycles. The Morgan fingerprint density at radius 2 is 1.93 bits per heavy atom. The molecule has 1 amide bonds. The lowest BCUT2D eigenvalue weighted by atomic mass is 10.2. The first-order chi connectivity index (χ1) is 13.5. The van der Waals surface area contributed by atoms with Crippen molar-refractivity contribution in [2.45, 2.75) is 17.9 Å². The quantitative estimate of drug-likeness (QED) is 0.628. The molecule has 2 aromatic heterocycles. The second kappa shape index (κ2) is 8.81. The molecule has 0 fully saturated rings. The van der Waals surface area contributed by atoms with Gasteiger partial charge in [0.15, 0.2) is 0 Å². The standard InChI is InChI=1S/C20H21N3O4S/c1-23(12-9-16-7-10-21-11-8-16)28(25,26)19-6-2-4-17(14-19)20(24)22-15-18-5-3-13-27-18/h2-8,10-11,13-14H,9,12,15H2,1H3,(H,22,24). The van der Waals surface area contributed by atoms with Crippen LogP contribution in [0.25, 0.3) is 0 Å². The van der Waals surface area contributed by atoms with E-state index in [2.05, 4.69) is 10.3 Å². The van der Waals surface area contributed by atoms with Gasteiger partial charge in [0.2, 0.25) is 10.0 Å². The second-order valence-corrected chi connectivity index (χ2v) is 8.27. The maximum absolute atomic E-state index is 12.8. The van der Waals surface area contributed by atoms with Crippen molar-refractivity contribution in [3.05, 3.63) is 84.1 Å². The van der Waals surface area contributed by atoms with Crippen molar-refractivity contribution < 1.29 is 17.6 Å². The van der Waals surface area contributed by atoms with E-state index >= 15 is 0 Å².